The van der Waals surface area contributed by atoms with E-state index < -0.39 is 0 Å². The summed E-state index contributed by atoms with van der Waals surface area (Å²) in [6.45, 7) is 11.3. The van der Waals surface area contributed by atoms with Gasteiger partial charge in [0.1, 0.15) is 0 Å². The van der Waals surface area contributed by atoms with Crippen molar-refractivity contribution in [3.05, 3.63) is 0 Å². The number of hydrogen-bond donors (Lipinski definition) is 1. The molecule has 6 heteroatoms. The molecule has 6 nitrogen and oxygen atoms in total. The van der Waals surface area contributed by atoms with Crippen molar-refractivity contribution in [2.45, 2.75) is 19.1 Å². The Morgan fingerprint density at radius 1 is 1.20 bits per heavy atom. The number of hydrogen-bond acceptors (Lipinski definition) is 5. The molecule has 3 fully saturated rings. The standard InChI is InChI=1S/C14H26N4O2/c1-12-10-18(6-7-20-12)14(19)11-16-2-4-17(5-3-16)13-8-15-9-13/h12-13,15H,2-11H2,1H3. The molecule has 3 saturated heterocycles. The lowest BCUT2D eigenvalue weighted by atomic mass is 10.1. The zero-order valence-corrected chi connectivity index (χ0v) is 12.4. The van der Waals surface area contributed by atoms with Gasteiger partial charge >= 0.3 is 0 Å². The second kappa shape index (κ2) is 6.39. The van der Waals surface area contributed by atoms with Crippen molar-refractivity contribution in [2.24, 2.45) is 0 Å². The Kier molecular flexibility index (Phi) is 4.55. The lowest BCUT2D eigenvalue weighted by Gasteiger charge is -2.43. The fourth-order valence-corrected chi connectivity index (χ4v) is 3.15. The summed E-state index contributed by atoms with van der Waals surface area (Å²) in [5.74, 6) is 0.263. The van der Waals surface area contributed by atoms with Crippen LogP contribution in [0.15, 0.2) is 0 Å². The van der Waals surface area contributed by atoms with Crippen molar-refractivity contribution in [1.29, 1.82) is 0 Å². The highest BCUT2D eigenvalue weighted by Gasteiger charge is 2.29. The van der Waals surface area contributed by atoms with Gasteiger partial charge in [-0.3, -0.25) is 14.6 Å². The zero-order chi connectivity index (χ0) is 13.9. The summed E-state index contributed by atoms with van der Waals surface area (Å²) in [6, 6.07) is 0.730. The van der Waals surface area contributed by atoms with E-state index in [1.165, 1.54) is 0 Å². The van der Waals surface area contributed by atoms with E-state index in [2.05, 4.69) is 15.1 Å². The summed E-state index contributed by atoms with van der Waals surface area (Å²) in [5, 5.41) is 3.32. The van der Waals surface area contributed by atoms with Crippen LogP contribution < -0.4 is 5.32 Å². The van der Waals surface area contributed by atoms with Crippen molar-refractivity contribution < 1.29 is 9.53 Å². The van der Waals surface area contributed by atoms with E-state index >= 15 is 0 Å². The first-order valence-electron chi connectivity index (χ1n) is 7.79. The van der Waals surface area contributed by atoms with Crippen LogP contribution in [0.5, 0.6) is 0 Å². The Balaban J connectivity index is 1.41. The highest BCUT2D eigenvalue weighted by atomic mass is 16.5. The van der Waals surface area contributed by atoms with E-state index in [1.54, 1.807) is 0 Å². The van der Waals surface area contributed by atoms with E-state index in [1.807, 2.05) is 11.8 Å². The number of amides is 1. The molecule has 0 bridgehead atoms. The normalized spacial score (nSPS) is 30.2. The molecule has 0 spiro atoms. The molecule has 1 N–H and O–H groups in total. The number of carbonyl (C=O) groups excluding carboxylic acids is 1. The number of carbonyl (C=O) groups is 1. The minimum Gasteiger partial charge on any atom is -0.375 e. The summed E-state index contributed by atoms with van der Waals surface area (Å²) in [5.41, 5.74) is 0. The molecule has 1 atom stereocenters. The molecule has 3 aliphatic rings. The van der Waals surface area contributed by atoms with Gasteiger partial charge in [0, 0.05) is 58.4 Å². The van der Waals surface area contributed by atoms with Gasteiger partial charge in [-0.25, -0.2) is 0 Å². The number of piperazine rings is 1. The SMILES string of the molecule is CC1CN(C(=O)CN2CCN(C3CNC3)CC2)CCO1. The summed E-state index contributed by atoms with van der Waals surface area (Å²) in [7, 11) is 0. The lowest BCUT2D eigenvalue weighted by Crippen LogP contribution is -2.62. The molecule has 1 unspecified atom stereocenters. The molecule has 0 aromatic rings. The first kappa shape index (κ1) is 14.3. The molecule has 1 amide bonds. The highest BCUT2D eigenvalue weighted by Crippen LogP contribution is 2.11. The predicted octanol–water partition coefficient (Wildman–Crippen LogP) is -1.18. The topological polar surface area (TPSA) is 48.1 Å². The van der Waals surface area contributed by atoms with E-state index in [4.69, 9.17) is 4.74 Å². The van der Waals surface area contributed by atoms with Crippen LogP contribution in [0.4, 0.5) is 0 Å². The average molecular weight is 282 g/mol. The number of nitrogens with one attached hydrogen (secondary N) is 1. The molecule has 0 aliphatic carbocycles. The Hall–Kier alpha value is -0.690. The van der Waals surface area contributed by atoms with Crippen LogP contribution in [0.25, 0.3) is 0 Å². The molecule has 20 heavy (non-hydrogen) atoms. The monoisotopic (exact) mass is 282 g/mol. The van der Waals surface area contributed by atoms with E-state index in [0.29, 0.717) is 13.2 Å². The van der Waals surface area contributed by atoms with Crippen molar-refractivity contribution in [3.8, 4) is 0 Å². The summed E-state index contributed by atoms with van der Waals surface area (Å²) in [4.78, 5) is 19.1. The molecule has 3 rings (SSSR count). The van der Waals surface area contributed by atoms with E-state index in [9.17, 15) is 4.79 Å². The number of nitrogens with zero attached hydrogens (tertiary/aromatic N) is 3. The third-order valence-corrected chi connectivity index (χ3v) is 4.64. The molecular weight excluding hydrogens is 256 g/mol. The van der Waals surface area contributed by atoms with Crippen LogP contribution in [0.1, 0.15) is 6.92 Å². The number of rotatable bonds is 3. The van der Waals surface area contributed by atoms with Gasteiger partial charge in [-0.05, 0) is 6.92 Å². The second-order valence-electron chi connectivity index (χ2n) is 6.15. The average Bonchev–Trinajstić information content (AvgIpc) is 2.39. The molecule has 114 valence electrons. The molecule has 0 saturated carbocycles. The first-order chi connectivity index (χ1) is 9.72. The quantitative estimate of drug-likeness (QED) is 0.706. The minimum absolute atomic E-state index is 0.177. The van der Waals surface area contributed by atoms with Gasteiger partial charge in [0.15, 0.2) is 0 Å². The van der Waals surface area contributed by atoms with Crippen molar-refractivity contribution in [1.82, 2.24) is 20.0 Å². The third kappa shape index (κ3) is 3.31. The van der Waals surface area contributed by atoms with Crippen molar-refractivity contribution in [3.63, 3.8) is 0 Å². The van der Waals surface area contributed by atoms with Crippen molar-refractivity contribution >= 4 is 5.91 Å². The van der Waals surface area contributed by atoms with Crippen molar-refractivity contribution in [2.75, 3.05) is 65.5 Å². The van der Waals surface area contributed by atoms with E-state index in [0.717, 1.165) is 58.4 Å². The smallest absolute Gasteiger partial charge is 0.236 e. The van der Waals surface area contributed by atoms with Crippen LogP contribution in [0.2, 0.25) is 0 Å². The predicted molar refractivity (Wildman–Crippen MR) is 76.7 cm³/mol. The van der Waals surface area contributed by atoms with Crippen LogP contribution in [0.3, 0.4) is 0 Å². The number of ether oxygens (including phenoxy) is 1. The summed E-state index contributed by atoms with van der Waals surface area (Å²) in [6.07, 6.45) is 0.177. The van der Waals surface area contributed by atoms with Gasteiger partial charge in [0.2, 0.25) is 5.91 Å². The van der Waals surface area contributed by atoms with Crippen LogP contribution in [0, 0.1) is 0 Å². The molecule has 0 aromatic carbocycles. The van der Waals surface area contributed by atoms with Crippen LogP contribution in [-0.2, 0) is 9.53 Å². The van der Waals surface area contributed by atoms with E-state index in [-0.39, 0.29) is 12.0 Å². The molecule has 0 aromatic heterocycles. The minimum atomic E-state index is 0.177. The maximum absolute atomic E-state index is 12.3. The maximum Gasteiger partial charge on any atom is 0.236 e. The Morgan fingerprint density at radius 2 is 1.95 bits per heavy atom. The third-order valence-electron chi connectivity index (χ3n) is 4.64. The summed E-state index contributed by atoms with van der Waals surface area (Å²) < 4.78 is 5.49. The summed E-state index contributed by atoms with van der Waals surface area (Å²) >= 11 is 0. The van der Waals surface area contributed by atoms with Gasteiger partial charge in [-0.1, -0.05) is 0 Å². The second-order valence-corrected chi connectivity index (χ2v) is 6.15. The Bertz CT molecular complexity index is 340. The fraction of sp³-hybridized carbons (Fsp3) is 0.929. The van der Waals surface area contributed by atoms with Gasteiger partial charge in [-0.2, -0.15) is 0 Å². The fourth-order valence-electron chi connectivity index (χ4n) is 3.15. The molecule has 0 radical (unpaired) electrons. The first-order valence-corrected chi connectivity index (χ1v) is 7.79. The zero-order valence-electron chi connectivity index (χ0n) is 12.4. The Labute approximate surface area is 121 Å². The largest absolute Gasteiger partial charge is 0.375 e. The molecule has 3 heterocycles. The van der Waals surface area contributed by atoms with Gasteiger partial charge in [0.25, 0.3) is 0 Å². The maximum atomic E-state index is 12.3. The van der Waals surface area contributed by atoms with Gasteiger partial charge < -0.3 is 15.0 Å². The highest BCUT2D eigenvalue weighted by molar-refractivity contribution is 5.78. The Morgan fingerprint density at radius 3 is 2.55 bits per heavy atom. The van der Waals surface area contributed by atoms with Crippen LogP contribution in [-0.4, -0.2) is 98.3 Å². The van der Waals surface area contributed by atoms with Crippen LogP contribution >= 0.6 is 0 Å². The lowest BCUT2D eigenvalue weighted by molar-refractivity contribution is -0.139. The molecule has 3 aliphatic heterocycles. The molecular formula is C14H26N4O2. The van der Waals surface area contributed by atoms with Gasteiger partial charge in [0.05, 0.1) is 19.3 Å². The van der Waals surface area contributed by atoms with Gasteiger partial charge in [-0.15, -0.1) is 0 Å². The number of morpholine rings is 1.